The maximum atomic E-state index is 5.45. The van der Waals surface area contributed by atoms with Crippen LogP contribution in [0.25, 0.3) is 104 Å². The molecule has 10 aromatic rings. The summed E-state index contributed by atoms with van der Waals surface area (Å²) in [6.45, 7) is 0. The summed E-state index contributed by atoms with van der Waals surface area (Å²) in [4.78, 5) is 10.8. The normalized spacial score (nSPS) is 12.3. The van der Waals surface area contributed by atoms with Crippen LogP contribution in [0.2, 0.25) is 0 Å². The fraction of sp³-hybridized carbons (Fsp3) is 0. The van der Waals surface area contributed by atoms with E-state index >= 15 is 0 Å². The highest BCUT2D eigenvalue weighted by Gasteiger charge is 2.29. The number of fused-ring (bicyclic) bond motifs is 9. The van der Waals surface area contributed by atoms with E-state index in [1.54, 1.807) is 0 Å². The molecule has 0 fully saturated rings. The summed E-state index contributed by atoms with van der Waals surface area (Å²) in [5.74, 6) is 0.841. The molecule has 0 bridgehead atoms. The molecule has 2 aromatic heterocycles. The topological polar surface area (TPSA) is 30.7 Å². The van der Waals surface area contributed by atoms with Crippen LogP contribution in [0, 0.1) is 0 Å². The van der Waals surface area contributed by atoms with E-state index in [-0.39, 0.29) is 0 Å². The first-order valence-corrected chi connectivity index (χ1v) is 16.1. The van der Waals surface area contributed by atoms with Gasteiger partial charge in [-0.05, 0) is 68.1 Å². The predicted octanol–water partition coefficient (Wildman–Crippen LogP) is 11.5. The molecule has 1 aliphatic rings. The molecule has 3 heteroatoms. The molecule has 0 aliphatic heterocycles. The summed E-state index contributed by atoms with van der Waals surface area (Å²) in [6.07, 6.45) is 0. The van der Waals surface area contributed by atoms with Gasteiger partial charge in [0.2, 0.25) is 0 Å². The molecule has 216 valence electrons. The average molecular weight is 596 g/mol. The lowest BCUT2D eigenvalue weighted by Crippen LogP contribution is -2.04. The molecule has 11 rings (SSSR count). The maximum Gasteiger partial charge on any atom is 0.165 e. The number of nitrogens with zero attached hydrogens (tertiary/aromatic N) is 3. The number of hydrogen-bond donors (Lipinski definition) is 0. The lowest BCUT2D eigenvalue weighted by atomic mass is 9.88. The molecule has 1 aliphatic carbocycles. The van der Waals surface area contributed by atoms with E-state index < -0.39 is 0 Å². The van der Waals surface area contributed by atoms with Gasteiger partial charge >= 0.3 is 0 Å². The van der Waals surface area contributed by atoms with Crippen molar-refractivity contribution in [1.82, 2.24) is 14.5 Å². The molecule has 0 spiro atoms. The first-order chi connectivity index (χ1) is 23.3. The van der Waals surface area contributed by atoms with E-state index in [2.05, 4.69) is 144 Å². The Labute approximate surface area is 270 Å². The van der Waals surface area contributed by atoms with Gasteiger partial charge in [0.05, 0.1) is 22.1 Å². The Bertz CT molecular complexity index is 2950. The summed E-state index contributed by atoms with van der Waals surface area (Å²) >= 11 is 0. The fourth-order valence-electron chi connectivity index (χ4n) is 8.18. The predicted molar refractivity (Wildman–Crippen MR) is 196 cm³/mol. The Morgan fingerprint density at radius 3 is 1.87 bits per heavy atom. The summed E-state index contributed by atoms with van der Waals surface area (Å²) in [5.41, 5.74) is 11.0. The van der Waals surface area contributed by atoms with Gasteiger partial charge in [-0.1, -0.05) is 127 Å². The molecule has 47 heavy (non-hydrogen) atoms. The van der Waals surface area contributed by atoms with E-state index in [4.69, 9.17) is 9.97 Å². The van der Waals surface area contributed by atoms with Crippen molar-refractivity contribution in [2.45, 2.75) is 0 Å². The van der Waals surface area contributed by atoms with E-state index in [1.807, 2.05) is 12.1 Å². The number of aromatic nitrogens is 3. The highest BCUT2D eigenvalue weighted by atomic mass is 15.1. The van der Waals surface area contributed by atoms with Crippen LogP contribution in [-0.4, -0.2) is 14.5 Å². The molecule has 0 amide bonds. The number of benzene rings is 8. The zero-order valence-corrected chi connectivity index (χ0v) is 25.3. The van der Waals surface area contributed by atoms with Crippen LogP contribution >= 0.6 is 0 Å². The Hall–Kier alpha value is -6.32. The Kier molecular flexibility index (Phi) is 4.84. The zero-order chi connectivity index (χ0) is 30.6. The van der Waals surface area contributed by atoms with E-state index in [9.17, 15) is 0 Å². The standard InChI is InChI=1S/C44H25N3/c1-2-13-26(14-3-1)42-44(46-36-23-11-10-22-35(36)45-42)47-37-24-12-21-31-29-17-6-7-18-30(29)34-25-27-15-4-5-16-28(27)38-32-19-8-9-20-33(32)43(47)41(39(31)37)40(34)38/h1-25H. The Balaban J connectivity index is 1.47. The quantitative estimate of drug-likeness (QED) is 0.186. The molecule has 3 nitrogen and oxygen atoms in total. The second kappa shape index (κ2) is 9.12. The first kappa shape index (κ1) is 24.9. The van der Waals surface area contributed by atoms with Crippen LogP contribution in [0.1, 0.15) is 0 Å². The van der Waals surface area contributed by atoms with Crippen LogP contribution in [-0.2, 0) is 0 Å². The van der Waals surface area contributed by atoms with E-state index in [1.165, 1.54) is 70.9 Å². The zero-order valence-electron chi connectivity index (χ0n) is 25.3. The average Bonchev–Trinajstić information content (AvgIpc) is 3.44. The molecule has 2 heterocycles. The third kappa shape index (κ3) is 3.25. The second-order valence-corrected chi connectivity index (χ2v) is 12.5. The third-order valence-corrected chi connectivity index (χ3v) is 10.1. The lowest BCUT2D eigenvalue weighted by molar-refractivity contribution is 1.08. The molecular weight excluding hydrogens is 571 g/mol. The summed E-state index contributed by atoms with van der Waals surface area (Å²) in [5, 5.41) is 10.1. The highest BCUT2D eigenvalue weighted by Crippen LogP contribution is 2.53. The van der Waals surface area contributed by atoms with Crippen LogP contribution in [0.5, 0.6) is 0 Å². The van der Waals surface area contributed by atoms with Gasteiger partial charge in [0.15, 0.2) is 5.82 Å². The van der Waals surface area contributed by atoms with Crippen molar-refractivity contribution in [3.8, 4) is 39.3 Å². The van der Waals surface area contributed by atoms with Gasteiger partial charge in [-0.2, -0.15) is 0 Å². The van der Waals surface area contributed by atoms with Crippen molar-refractivity contribution in [3.05, 3.63) is 152 Å². The Morgan fingerprint density at radius 1 is 0.404 bits per heavy atom. The van der Waals surface area contributed by atoms with Crippen molar-refractivity contribution >= 4 is 65.2 Å². The first-order valence-electron chi connectivity index (χ1n) is 16.1. The summed E-state index contributed by atoms with van der Waals surface area (Å²) in [6, 6.07) is 54.5. The van der Waals surface area contributed by atoms with Gasteiger partial charge in [0.1, 0.15) is 5.69 Å². The van der Waals surface area contributed by atoms with Crippen LogP contribution < -0.4 is 0 Å². The Morgan fingerprint density at radius 2 is 1.04 bits per heavy atom. The third-order valence-electron chi connectivity index (χ3n) is 10.1. The van der Waals surface area contributed by atoms with Crippen molar-refractivity contribution < 1.29 is 0 Å². The van der Waals surface area contributed by atoms with Crippen molar-refractivity contribution in [3.63, 3.8) is 0 Å². The number of rotatable bonds is 2. The molecular formula is C44H25N3. The van der Waals surface area contributed by atoms with Crippen molar-refractivity contribution in [2.75, 3.05) is 0 Å². The van der Waals surface area contributed by atoms with Crippen LogP contribution in [0.3, 0.4) is 0 Å². The van der Waals surface area contributed by atoms with Gasteiger partial charge in [0, 0.05) is 27.1 Å². The highest BCUT2D eigenvalue weighted by molar-refractivity contribution is 6.41. The molecule has 0 radical (unpaired) electrons. The second-order valence-electron chi connectivity index (χ2n) is 12.5. The minimum atomic E-state index is 0.841. The monoisotopic (exact) mass is 595 g/mol. The van der Waals surface area contributed by atoms with Gasteiger partial charge in [-0.15, -0.1) is 0 Å². The largest absolute Gasteiger partial charge is 0.291 e. The fourth-order valence-corrected chi connectivity index (χ4v) is 8.18. The van der Waals surface area contributed by atoms with Gasteiger partial charge < -0.3 is 0 Å². The lowest BCUT2D eigenvalue weighted by Gasteiger charge is -2.18. The summed E-state index contributed by atoms with van der Waals surface area (Å²) < 4.78 is 2.41. The minimum Gasteiger partial charge on any atom is -0.291 e. The summed E-state index contributed by atoms with van der Waals surface area (Å²) in [7, 11) is 0. The van der Waals surface area contributed by atoms with E-state index in [0.717, 1.165) is 33.6 Å². The molecule has 0 unspecified atom stereocenters. The van der Waals surface area contributed by atoms with Crippen LogP contribution in [0.15, 0.2) is 152 Å². The minimum absolute atomic E-state index is 0.841. The molecule has 0 saturated carbocycles. The van der Waals surface area contributed by atoms with E-state index in [0.29, 0.717) is 0 Å². The smallest absolute Gasteiger partial charge is 0.165 e. The van der Waals surface area contributed by atoms with Gasteiger partial charge in [-0.25, -0.2) is 9.97 Å². The molecule has 8 aromatic carbocycles. The number of hydrogen-bond acceptors (Lipinski definition) is 2. The van der Waals surface area contributed by atoms with Crippen LogP contribution in [0.4, 0.5) is 0 Å². The maximum absolute atomic E-state index is 5.45. The molecule has 0 N–H and O–H groups in total. The van der Waals surface area contributed by atoms with Crippen molar-refractivity contribution in [2.24, 2.45) is 0 Å². The van der Waals surface area contributed by atoms with Crippen molar-refractivity contribution in [1.29, 1.82) is 0 Å². The SMILES string of the molecule is c1ccc(-c2nc3ccccc3nc2-n2c3cccc4c3c3c5c(cc6ccccc6c5c5ccccc5c32)-c2ccccc2-4)cc1. The molecule has 0 atom stereocenters. The van der Waals surface area contributed by atoms with Gasteiger partial charge in [-0.3, -0.25) is 4.57 Å². The molecule has 0 saturated heterocycles. The van der Waals surface area contributed by atoms with Gasteiger partial charge in [0.25, 0.3) is 0 Å². The number of para-hydroxylation sites is 2.